The van der Waals surface area contributed by atoms with Gasteiger partial charge in [-0.15, -0.1) is 0 Å². The summed E-state index contributed by atoms with van der Waals surface area (Å²) in [4.78, 5) is 25.7. The van der Waals surface area contributed by atoms with Crippen LogP contribution in [0.4, 0.5) is 5.82 Å². The molecule has 4 atom stereocenters. The van der Waals surface area contributed by atoms with E-state index in [0.29, 0.717) is 23.9 Å². The Bertz CT molecular complexity index is 946. The van der Waals surface area contributed by atoms with Crippen LogP contribution in [0.15, 0.2) is 30.6 Å². The molecule has 4 rings (SSSR count). The normalized spacial score (nSPS) is 22.9. The maximum Gasteiger partial charge on any atom is 0.135 e. The van der Waals surface area contributed by atoms with E-state index in [4.69, 9.17) is 11.6 Å². The molecule has 1 aromatic carbocycles. The van der Waals surface area contributed by atoms with Gasteiger partial charge in [0.2, 0.25) is 0 Å². The third kappa shape index (κ3) is 5.38. The fourth-order valence-corrected chi connectivity index (χ4v) is 5.25. The van der Waals surface area contributed by atoms with E-state index in [1.54, 1.807) is 6.33 Å². The molecule has 0 amide bonds. The summed E-state index contributed by atoms with van der Waals surface area (Å²) in [7, 11) is 0. The van der Waals surface area contributed by atoms with Crippen LogP contribution in [0.25, 0.3) is 0 Å². The molecule has 1 aliphatic heterocycles. The van der Waals surface area contributed by atoms with Gasteiger partial charge in [-0.05, 0) is 50.3 Å². The van der Waals surface area contributed by atoms with Crippen LogP contribution in [-0.4, -0.2) is 64.6 Å². The number of rotatable bonds is 8. The van der Waals surface area contributed by atoms with Gasteiger partial charge in [-0.3, -0.25) is 10.2 Å². The van der Waals surface area contributed by atoms with Crippen LogP contribution in [0.5, 0.6) is 0 Å². The summed E-state index contributed by atoms with van der Waals surface area (Å²) >= 11 is 6.04. The minimum atomic E-state index is -0.495. The van der Waals surface area contributed by atoms with Crippen molar-refractivity contribution in [3.8, 4) is 0 Å². The van der Waals surface area contributed by atoms with E-state index < -0.39 is 6.10 Å². The van der Waals surface area contributed by atoms with Crippen LogP contribution in [0.1, 0.15) is 68.4 Å². The number of hydrogen-bond acceptors (Lipinski definition) is 7. The fourth-order valence-electron chi connectivity index (χ4n) is 5.13. The highest BCUT2D eigenvalue weighted by Crippen LogP contribution is 2.42. The molecular weight excluding hydrogens is 438 g/mol. The van der Waals surface area contributed by atoms with Crippen molar-refractivity contribution in [2.45, 2.75) is 63.8 Å². The van der Waals surface area contributed by atoms with Crippen molar-refractivity contribution >= 4 is 23.7 Å². The largest absolute Gasteiger partial charge is 0.387 e. The zero-order valence-electron chi connectivity index (χ0n) is 19.6. The van der Waals surface area contributed by atoms with Gasteiger partial charge in [0.05, 0.1) is 18.0 Å². The molecule has 7 nitrogen and oxygen atoms in total. The molecule has 0 radical (unpaired) electrons. The second-order valence-corrected chi connectivity index (χ2v) is 9.98. The monoisotopic (exact) mass is 471 g/mol. The summed E-state index contributed by atoms with van der Waals surface area (Å²) in [5.74, 6) is 1.03. The number of nitrogens with one attached hydrogen (secondary N) is 1. The van der Waals surface area contributed by atoms with E-state index >= 15 is 0 Å². The maximum atomic E-state index is 12.0. The smallest absolute Gasteiger partial charge is 0.135 e. The summed E-state index contributed by atoms with van der Waals surface area (Å²) < 4.78 is 0. The molecule has 33 heavy (non-hydrogen) atoms. The molecule has 0 spiro atoms. The van der Waals surface area contributed by atoms with Crippen LogP contribution in [0, 0.1) is 0 Å². The van der Waals surface area contributed by atoms with Gasteiger partial charge in [-0.25, -0.2) is 9.97 Å². The molecule has 2 N–H and O–H groups in total. The van der Waals surface area contributed by atoms with Gasteiger partial charge in [0.15, 0.2) is 0 Å². The average Bonchev–Trinajstić information content (AvgIpc) is 3.11. The first-order valence-corrected chi connectivity index (χ1v) is 12.2. The summed E-state index contributed by atoms with van der Waals surface area (Å²) in [6, 6.07) is 7.87. The third-order valence-corrected chi connectivity index (χ3v) is 7.05. The lowest BCUT2D eigenvalue weighted by atomic mass is 9.95. The fraction of sp³-hybridized carbons (Fsp3) is 0.560. The molecule has 0 bridgehead atoms. The molecule has 1 aromatic heterocycles. The number of piperazine rings is 1. The standard InChI is InChI=1S/C25H34ClN5O2/c1-16(2)29-22(13-19(14-32)18-4-6-20(26)7-5-18)30-8-10-31(11-9-30)25-23-17(3)12-21(33)24(23)27-15-28-25/h4-7,14-17,19,21-22,29,33H,8-13H2,1-3H3/t17-,19?,21-,22?/m1/s1. The Hall–Kier alpha value is -2.06. The van der Waals surface area contributed by atoms with Gasteiger partial charge in [-0.1, -0.05) is 30.7 Å². The van der Waals surface area contributed by atoms with E-state index in [2.05, 4.69) is 45.9 Å². The Balaban J connectivity index is 1.46. The summed E-state index contributed by atoms with van der Waals surface area (Å²) in [6.45, 7) is 9.83. The van der Waals surface area contributed by atoms with Crippen molar-refractivity contribution in [3.63, 3.8) is 0 Å². The lowest BCUT2D eigenvalue weighted by Gasteiger charge is -2.42. The molecule has 2 heterocycles. The number of aliphatic hydroxyl groups excluding tert-OH is 1. The van der Waals surface area contributed by atoms with E-state index in [-0.39, 0.29) is 18.0 Å². The molecule has 8 heteroatoms. The highest BCUT2D eigenvalue weighted by molar-refractivity contribution is 6.30. The van der Waals surface area contributed by atoms with Gasteiger partial charge in [0, 0.05) is 48.7 Å². The zero-order chi connectivity index (χ0) is 23.5. The molecule has 178 valence electrons. The summed E-state index contributed by atoms with van der Waals surface area (Å²) in [6.07, 6.45) is 3.63. The highest BCUT2D eigenvalue weighted by atomic mass is 35.5. The third-order valence-electron chi connectivity index (χ3n) is 6.80. The first kappa shape index (κ1) is 24.1. The zero-order valence-corrected chi connectivity index (χ0v) is 20.4. The van der Waals surface area contributed by atoms with E-state index in [9.17, 15) is 9.90 Å². The SMILES string of the molecule is CC(C)NC(CC(C=O)c1ccc(Cl)cc1)N1CCN(c2ncnc3c2[C@H](C)C[C@H]3O)CC1. The van der Waals surface area contributed by atoms with E-state index in [1.807, 2.05) is 24.3 Å². The minimum absolute atomic E-state index is 0.0925. The maximum absolute atomic E-state index is 12.0. The molecular formula is C25H34ClN5O2. The number of fused-ring (bicyclic) bond motifs is 1. The average molecular weight is 472 g/mol. The summed E-state index contributed by atoms with van der Waals surface area (Å²) in [5, 5.41) is 14.7. The number of aromatic nitrogens is 2. The first-order valence-electron chi connectivity index (χ1n) is 11.9. The van der Waals surface area contributed by atoms with Gasteiger partial charge < -0.3 is 14.8 Å². The van der Waals surface area contributed by atoms with Crippen molar-refractivity contribution in [2.24, 2.45) is 0 Å². The molecule has 2 aliphatic rings. The topological polar surface area (TPSA) is 81.6 Å². The number of aliphatic hydroxyl groups is 1. The second kappa shape index (κ2) is 10.5. The van der Waals surface area contributed by atoms with Gasteiger partial charge in [0.1, 0.15) is 18.4 Å². The van der Waals surface area contributed by atoms with Crippen molar-refractivity contribution in [3.05, 3.63) is 52.4 Å². The number of benzene rings is 1. The van der Waals surface area contributed by atoms with E-state index in [0.717, 1.165) is 55.1 Å². The molecule has 2 unspecified atom stereocenters. The van der Waals surface area contributed by atoms with Crippen molar-refractivity contribution in [1.82, 2.24) is 20.2 Å². The number of aldehydes is 1. The van der Waals surface area contributed by atoms with Crippen molar-refractivity contribution in [2.75, 3.05) is 31.1 Å². The quantitative estimate of drug-likeness (QED) is 0.570. The van der Waals surface area contributed by atoms with Crippen LogP contribution < -0.4 is 10.2 Å². The van der Waals surface area contributed by atoms with Gasteiger partial charge in [-0.2, -0.15) is 0 Å². The van der Waals surface area contributed by atoms with Gasteiger partial charge >= 0.3 is 0 Å². The minimum Gasteiger partial charge on any atom is -0.387 e. The number of carbonyl (C=O) groups is 1. The molecule has 2 aromatic rings. The van der Waals surface area contributed by atoms with Gasteiger partial charge in [0.25, 0.3) is 0 Å². The number of halogens is 1. The molecule has 0 saturated carbocycles. The highest BCUT2D eigenvalue weighted by Gasteiger charge is 2.34. The second-order valence-electron chi connectivity index (χ2n) is 9.54. The Morgan fingerprint density at radius 2 is 1.88 bits per heavy atom. The Kier molecular flexibility index (Phi) is 7.64. The lowest BCUT2D eigenvalue weighted by molar-refractivity contribution is -0.109. The Morgan fingerprint density at radius 3 is 2.52 bits per heavy atom. The molecule has 1 aliphatic carbocycles. The van der Waals surface area contributed by atoms with Crippen LogP contribution >= 0.6 is 11.6 Å². The summed E-state index contributed by atoms with van der Waals surface area (Å²) in [5.41, 5.74) is 2.87. The number of anilines is 1. The predicted molar refractivity (Wildman–Crippen MR) is 131 cm³/mol. The first-order chi connectivity index (χ1) is 15.9. The number of carbonyl (C=O) groups excluding carboxylic acids is 1. The number of nitrogens with zero attached hydrogens (tertiary/aromatic N) is 4. The van der Waals surface area contributed by atoms with Crippen molar-refractivity contribution < 1.29 is 9.90 Å². The Labute approximate surface area is 201 Å². The van der Waals surface area contributed by atoms with Crippen LogP contribution in [0.2, 0.25) is 5.02 Å². The molecule has 1 fully saturated rings. The molecule has 1 saturated heterocycles. The predicted octanol–water partition coefficient (Wildman–Crippen LogP) is 3.49. The van der Waals surface area contributed by atoms with Crippen molar-refractivity contribution in [1.29, 1.82) is 0 Å². The lowest BCUT2D eigenvalue weighted by Crippen LogP contribution is -2.56. The van der Waals surface area contributed by atoms with E-state index in [1.165, 1.54) is 0 Å². The van der Waals surface area contributed by atoms with Crippen LogP contribution in [-0.2, 0) is 4.79 Å². The number of hydrogen-bond donors (Lipinski definition) is 2. The Morgan fingerprint density at radius 1 is 1.18 bits per heavy atom. The van der Waals surface area contributed by atoms with Crippen LogP contribution in [0.3, 0.4) is 0 Å².